The second-order valence-corrected chi connectivity index (χ2v) is 8.54. The SMILES string of the molecule is CCOc1cccc(N2C(=O)C(=O)/C(=C(\O)c3ccc4c(c3)CCCC4)C2c2ccccn2)c1. The molecular weight excluding hydrogens is 428 g/mol. The minimum atomic E-state index is -0.853. The van der Waals surface area contributed by atoms with Gasteiger partial charge in [-0.05, 0) is 74.1 Å². The first kappa shape index (κ1) is 21.9. The Balaban J connectivity index is 1.66. The van der Waals surface area contributed by atoms with Crippen LogP contribution in [0.15, 0.2) is 72.4 Å². The number of carbonyl (C=O) groups excluding carboxylic acids is 2. The Morgan fingerprint density at radius 1 is 1.03 bits per heavy atom. The van der Waals surface area contributed by atoms with E-state index in [0.717, 1.165) is 25.7 Å². The summed E-state index contributed by atoms with van der Waals surface area (Å²) in [6.07, 6.45) is 5.84. The number of ketones is 1. The van der Waals surface area contributed by atoms with Gasteiger partial charge in [-0.15, -0.1) is 0 Å². The third-order valence-corrected chi connectivity index (χ3v) is 6.44. The molecule has 0 radical (unpaired) electrons. The maximum absolute atomic E-state index is 13.3. The van der Waals surface area contributed by atoms with Gasteiger partial charge in [0.25, 0.3) is 11.7 Å². The van der Waals surface area contributed by atoms with Crippen LogP contribution < -0.4 is 9.64 Å². The maximum atomic E-state index is 13.3. The molecule has 1 unspecified atom stereocenters. The number of nitrogens with zero attached hydrogens (tertiary/aromatic N) is 2. The van der Waals surface area contributed by atoms with Crippen LogP contribution in [0, 0.1) is 0 Å². The summed E-state index contributed by atoms with van der Waals surface area (Å²) in [6.45, 7) is 2.36. The number of ether oxygens (including phenoxy) is 1. The molecule has 172 valence electrons. The fourth-order valence-corrected chi connectivity index (χ4v) is 4.84. The summed E-state index contributed by atoms with van der Waals surface area (Å²) in [6, 6.07) is 17.3. The molecule has 0 bridgehead atoms. The van der Waals surface area contributed by atoms with E-state index >= 15 is 0 Å². The van der Waals surface area contributed by atoms with Crippen molar-refractivity contribution >= 4 is 23.1 Å². The molecule has 1 aliphatic carbocycles. The van der Waals surface area contributed by atoms with Crippen molar-refractivity contribution in [1.82, 2.24) is 4.98 Å². The van der Waals surface area contributed by atoms with Gasteiger partial charge < -0.3 is 9.84 Å². The smallest absolute Gasteiger partial charge is 0.300 e. The summed E-state index contributed by atoms with van der Waals surface area (Å²) in [7, 11) is 0. The molecule has 2 heterocycles. The molecule has 2 aliphatic rings. The van der Waals surface area contributed by atoms with Crippen molar-refractivity contribution in [1.29, 1.82) is 0 Å². The number of hydrogen-bond donors (Lipinski definition) is 1. The molecular formula is C28H26N2O4. The van der Waals surface area contributed by atoms with Crippen LogP contribution in [0.4, 0.5) is 5.69 Å². The van der Waals surface area contributed by atoms with Crippen LogP contribution in [0.2, 0.25) is 0 Å². The van der Waals surface area contributed by atoms with E-state index in [2.05, 4.69) is 4.98 Å². The first-order chi connectivity index (χ1) is 16.6. The van der Waals surface area contributed by atoms with Gasteiger partial charge in [-0.3, -0.25) is 19.5 Å². The molecule has 1 atom stereocenters. The quantitative estimate of drug-likeness (QED) is 0.334. The molecule has 5 rings (SSSR count). The van der Waals surface area contributed by atoms with Gasteiger partial charge in [0.1, 0.15) is 17.6 Å². The molecule has 0 spiro atoms. The lowest BCUT2D eigenvalue weighted by Gasteiger charge is -2.25. The lowest BCUT2D eigenvalue weighted by molar-refractivity contribution is -0.132. The van der Waals surface area contributed by atoms with Crippen LogP contribution in [0.25, 0.3) is 5.76 Å². The van der Waals surface area contributed by atoms with E-state index < -0.39 is 17.7 Å². The normalized spacial score (nSPS) is 19.2. The topological polar surface area (TPSA) is 79.7 Å². The predicted octanol–water partition coefficient (Wildman–Crippen LogP) is 4.99. The van der Waals surface area contributed by atoms with E-state index in [0.29, 0.717) is 29.3 Å². The Hall–Kier alpha value is -3.93. The van der Waals surface area contributed by atoms with E-state index in [4.69, 9.17) is 4.74 Å². The molecule has 1 fully saturated rings. The van der Waals surface area contributed by atoms with E-state index in [1.165, 1.54) is 16.0 Å². The Kier molecular flexibility index (Phi) is 5.88. The molecule has 0 saturated carbocycles. The van der Waals surface area contributed by atoms with Crippen molar-refractivity contribution in [3.8, 4) is 5.75 Å². The van der Waals surface area contributed by atoms with Crippen molar-refractivity contribution in [2.75, 3.05) is 11.5 Å². The van der Waals surface area contributed by atoms with E-state index in [1.54, 1.807) is 48.7 Å². The highest BCUT2D eigenvalue weighted by molar-refractivity contribution is 6.51. The average molecular weight is 455 g/mol. The summed E-state index contributed by atoms with van der Waals surface area (Å²) < 4.78 is 5.61. The van der Waals surface area contributed by atoms with Gasteiger partial charge in [0.2, 0.25) is 0 Å². The number of amides is 1. The predicted molar refractivity (Wildman–Crippen MR) is 130 cm³/mol. The zero-order chi connectivity index (χ0) is 23.7. The number of aliphatic hydroxyl groups is 1. The van der Waals surface area contributed by atoms with Crippen molar-refractivity contribution in [3.05, 3.63) is 94.8 Å². The minimum absolute atomic E-state index is 0.0428. The van der Waals surface area contributed by atoms with Gasteiger partial charge in [-0.25, -0.2) is 0 Å². The lowest BCUT2D eigenvalue weighted by Crippen LogP contribution is -2.29. The maximum Gasteiger partial charge on any atom is 0.300 e. The highest BCUT2D eigenvalue weighted by atomic mass is 16.5. The Bertz CT molecular complexity index is 1280. The van der Waals surface area contributed by atoms with Gasteiger partial charge in [0.15, 0.2) is 0 Å². The van der Waals surface area contributed by atoms with Gasteiger partial charge in [0.05, 0.1) is 17.9 Å². The van der Waals surface area contributed by atoms with Crippen molar-refractivity contribution < 1.29 is 19.4 Å². The molecule has 1 aliphatic heterocycles. The molecule has 3 aromatic rings. The standard InChI is InChI=1S/C28H26N2O4/c1-2-34-22-11-7-10-21(17-22)30-25(23-12-5-6-15-29-23)24(27(32)28(30)33)26(31)20-14-13-18-8-3-4-9-19(18)16-20/h5-7,10-17,25,31H,2-4,8-9H2,1H3/b26-24-. The zero-order valence-corrected chi connectivity index (χ0v) is 19.0. The summed E-state index contributed by atoms with van der Waals surface area (Å²) >= 11 is 0. The van der Waals surface area contributed by atoms with Crippen LogP contribution in [0.3, 0.4) is 0 Å². The number of aryl methyl sites for hydroxylation is 2. The molecule has 1 N–H and O–H groups in total. The van der Waals surface area contributed by atoms with E-state index in [-0.39, 0.29) is 11.3 Å². The third kappa shape index (κ3) is 3.85. The Morgan fingerprint density at radius 2 is 1.85 bits per heavy atom. The largest absolute Gasteiger partial charge is 0.507 e. The third-order valence-electron chi connectivity index (χ3n) is 6.44. The number of pyridine rings is 1. The van der Waals surface area contributed by atoms with Crippen LogP contribution in [0.5, 0.6) is 5.75 Å². The summed E-state index contributed by atoms with van der Waals surface area (Å²) in [4.78, 5) is 32.5. The zero-order valence-electron chi connectivity index (χ0n) is 19.0. The van der Waals surface area contributed by atoms with Crippen LogP contribution >= 0.6 is 0 Å². The molecule has 1 aromatic heterocycles. The van der Waals surface area contributed by atoms with E-state index in [9.17, 15) is 14.7 Å². The highest BCUT2D eigenvalue weighted by Crippen LogP contribution is 2.42. The molecule has 1 amide bonds. The summed E-state index contributed by atoms with van der Waals surface area (Å²) in [5.74, 6) is -1.02. The van der Waals surface area contributed by atoms with Crippen LogP contribution in [-0.2, 0) is 22.4 Å². The second-order valence-electron chi connectivity index (χ2n) is 8.54. The number of fused-ring (bicyclic) bond motifs is 1. The first-order valence-electron chi connectivity index (χ1n) is 11.7. The number of carbonyl (C=O) groups is 2. The van der Waals surface area contributed by atoms with Gasteiger partial charge in [-0.1, -0.05) is 24.3 Å². The van der Waals surface area contributed by atoms with Crippen molar-refractivity contribution in [3.63, 3.8) is 0 Å². The molecule has 1 saturated heterocycles. The van der Waals surface area contributed by atoms with Gasteiger partial charge >= 0.3 is 0 Å². The summed E-state index contributed by atoms with van der Waals surface area (Å²) in [5, 5.41) is 11.4. The summed E-state index contributed by atoms with van der Waals surface area (Å²) in [5.41, 5.74) is 4.06. The molecule has 34 heavy (non-hydrogen) atoms. The first-order valence-corrected chi connectivity index (χ1v) is 11.7. The highest BCUT2D eigenvalue weighted by Gasteiger charge is 2.47. The number of aliphatic hydroxyl groups excluding tert-OH is 1. The fourth-order valence-electron chi connectivity index (χ4n) is 4.84. The molecule has 6 nitrogen and oxygen atoms in total. The average Bonchev–Trinajstić information content (AvgIpc) is 3.14. The van der Waals surface area contributed by atoms with Gasteiger partial charge in [0, 0.05) is 23.5 Å². The fraction of sp³-hybridized carbons (Fsp3) is 0.250. The van der Waals surface area contributed by atoms with Crippen molar-refractivity contribution in [2.24, 2.45) is 0 Å². The Morgan fingerprint density at radius 3 is 2.62 bits per heavy atom. The number of hydrogen-bond acceptors (Lipinski definition) is 5. The Labute approximate surface area is 198 Å². The van der Waals surface area contributed by atoms with Crippen molar-refractivity contribution in [2.45, 2.75) is 38.6 Å². The number of anilines is 1. The van der Waals surface area contributed by atoms with Gasteiger partial charge in [-0.2, -0.15) is 0 Å². The van der Waals surface area contributed by atoms with Crippen LogP contribution in [-0.4, -0.2) is 28.4 Å². The second kappa shape index (κ2) is 9.14. The number of rotatable bonds is 5. The van der Waals surface area contributed by atoms with Crippen LogP contribution in [0.1, 0.15) is 48.2 Å². The monoisotopic (exact) mass is 454 g/mol. The molecule has 2 aromatic carbocycles. The number of Topliss-reactive ketones (excluding diaryl/α,β-unsaturated/α-hetero) is 1. The lowest BCUT2D eigenvalue weighted by atomic mass is 9.89. The number of benzene rings is 2. The van der Waals surface area contributed by atoms with E-state index in [1.807, 2.05) is 25.1 Å². The minimum Gasteiger partial charge on any atom is -0.507 e. The number of aromatic nitrogens is 1. The molecule has 6 heteroatoms.